The summed E-state index contributed by atoms with van der Waals surface area (Å²) in [7, 11) is 0. The molecule has 106 valence electrons. The fourth-order valence-electron chi connectivity index (χ4n) is 2.67. The molecule has 1 aromatic heterocycles. The van der Waals surface area contributed by atoms with Crippen LogP contribution in [0.15, 0.2) is 36.4 Å². The van der Waals surface area contributed by atoms with Gasteiger partial charge in [0.25, 0.3) is 0 Å². The van der Waals surface area contributed by atoms with Crippen molar-refractivity contribution < 1.29 is 14.6 Å². The highest BCUT2D eigenvalue weighted by molar-refractivity contribution is 5.82. The molecule has 21 heavy (non-hydrogen) atoms. The van der Waals surface area contributed by atoms with Gasteiger partial charge in [-0.15, -0.1) is 0 Å². The highest BCUT2D eigenvalue weighted by Gasteiger charge is 2.29. The first kappa shape index (κ1) is 12.2. The zero-order valence-corrected chi connectivity index (χ0v) is 11.1. The van der Waals surface area contributed by atoms with Gasteiger partial charge in [0, 0.05) is 12.1 Å². The van der Waals surface area contributed by atoms with Crippen molar-refractivity contribution in [2.45, 2.75) is 18.9 Å². The molecular weight excluding hydrogens is 271 g/mol. The van der Waals surface area contributed by atoms with Gasteiger partial charge in [0.1, 0.15) is 23.1 Å². The minimum Gasteiger partial charge on any atom is -0.508 e. The van der Waals surface area contributed by atoms with Crippen LogP contribution in [-0.4, -0.2) is 19.8 Å². The molecule has 2 aromatic carbocycles. The lowest BCUT2D eigenvalue weighted by Crippen LogP contribution is -1.97. The van der Waals surface area contributed by atoms with E-state index in [1.165, 1.54) is 30.3 Å². The summed E-state index contributed by atoms with van der Waals surface area (Å²) in [6.07, 6.45) is 2.07. The second-order valence-corrected chi connectivity index (χ2v) is 5.37. The summed E-state index contributed by atoms with van der Waals surface area (Å²) in [6.45, 7) is 0. The largest absolute Gasteiger partial charge is 0.508 e. The molecule has 0 bridgehead atoms. The first-order valence-corrected chi connectivity index (χ1v) is 6.83. The Morgan fingerprint density at radius 1 is 1.10 bits per heavy atom. The van der Waals surface area contributed by atoms with Crippen LogP contribution in [-0.2, 0) is 0 Å². The lowest BCUT2D eigenvalue weighted by Gasteiger charge is -2.09. The maximum Gasteiger partial charge on any atom is 0.145 e. The molecular formula is C16H13FN2O2. The highest BCUT2D eigenvalue weighted by atomic mass is 19.1. The third-order valence-electron chi connectivity index (χ3n) is 3.78. The summed E-state index contributed by atoms with van der Waals surface area (Å²) in [5, 5.41) is 19.7. The van der Waals surface area contributed by atoms with Gasteiger partial charge >= 0.3 is 0 Å². The molecule has 0 atom stereocenters. The predicted octanol–water partition coefficient (Wildman–Crippen LogP) is 3.59. The molecule has 1 heterocycles. The van der Waals surface area contributed by atoms with Crippen LogP contribution in [0.1, 0.15) is 18.9 Å². The molecule has 5 heteroatoms. The first-order chi connectivity index (χ1) is 10.1. The van der Waals surface area contributed by atoms with Crippen LogP contribution in [0.4, 0.5) is 4.39 Å². The third-order valence-corrected chi connectivity index (χ3v) is 3.78. The van der Waals surface area contributed by atoms with Gasteiger partial charge in [-0.1, -0.05) is 0 Å². The monoisotopic (exact) mass is 284 g/mol. The van der Waals surface area contributed by atoms with Crippen molar-refractivity contribution in [1.82, 2.24) is 9.55 Å². The lowest BCUT2D eigenvalue weighted by atomic mass is 10.1. The Labute approximate surface area is 120 Å². The van der Waals surface area contributed by atoms with Gasteiger partial charge in [0.15, 0.2) is 0 Å². The molecule has 0 saturated heterocycles. The van der Waals surface area contributed by atoms with Crippen molar-refractivity contribution in [2.24, 2.45) is 0 Å². The first-order valence-electron chi connectivity index (χ1n) is 6.83. The molecule has 0 spiro atoms. The van der Waals surface area contributed by atoms with E-state index in [0.29, 0.717) is 22.9 Å². The van der Waals surface area contributed by atoms with Gasteiger partial charge in [-0.3, -0.25) is 0 Å². The number of imidazole rings is 1. The number of nitrogens with zero attached hydrogens (tertiary/aromatic N) is 2. The Hall–Kier alpha value is -2.56. The van der Waals surface area contributed by atoms with Crippen molar-refractivity contribution in [3.05, 3.63) is 42.2 Å². The van der Waals surface area contributed by atoms with Crippen molar-refractivity contribution in [2.75, 3.05) is 0 Å². The molecule has 4 rings (SSSR count). The molecule has 1 fully saturated rings. The van der Waals surface area contributed by atoms with E-state index < -0.39 is 0 Å². The van der Waals surface area contributed by atoms with Gasteiger partial charge < -0.3 is 14.8 Å². The normalized spacial score (nSPS) is 14.7. The number of hydrogen-bond donors (Lipinski definition) is 2. The van der Waals surface area contributed by atoms with E-state index in [2.05, 4.69) is 4.98 Å². The molecule has 0 unspecified atom stereocenters. The minimum absolute atomic E-state index is 0.0467. The number of rotatable bonds is 2. The number of halogens is 1. The molecule has 0 aliphatic heterocycles. The molecule has 1 aliphatic rings. The molecule has 4 nitrogen and oxygen atoms in total. The second kappa shape index (κ2) is 4.22. The summed E-state index contributed by atoms with van der Waals surface area (Å²) in [4.78, 5) is 4.46. The van der Waals surface area contributed by atoms with Crippen molar-refractivity contribution >= 4 is 11.0 Å². The van der Waals surface area contributed by atoms with Crippen LogP contribution < -0.4 is 0 Å². The van der Waals surface area contributed by atoms with E-state index in [0.717, 1.165) is 18.4 Å². The average molecular weight is 284 g/mol. The summed E-state index contributed by atoms with van der Waals surface area (Å²) < 4.78 is 15.4. The molecule has 3 aromatic rings. The van der Waals surface area contributed by atoms with Crippen LogP contribution >= 0.6 is 0 Å². The van der Waals surface area contributed by atoms with Crippen LogP contribution in [0, 0.1) is 5.82 Å². The van der Waals surface area contributed by atoms with Gasteiger partial charge in [0.2, 0.25) is 0 Å². The van der Waals surface area contributed by atoms with Crippen molar-refractivity contribution in [1.29, 1.82) is 0 Å². The Bertz CT molecular complexity index is 853. The molecule has 1 aliphatic carbocycles. The lowest BCUT2D eigenvalue weighted by molar-refractivity contribution is 0.461. The van der Waals surface area contributed by atoms with E-state index in [1.807, 2.05) is 4.57 Å². The smallest absolute Gasteiger partial charge is 0.145 e. The van der Waals surface area contributed by atoms with E-state index in [-0.39, 0.29) is 17.3 Å². The maximum atomic E-state index is 13.4. The number of aromatic nitrogens is 2. The number of hydrogen-bond acceptors (Lipinski definition) is 3. The van der Waals surface area contributed by atoms with Gasteiger partial charge in [-0.25, -0.2) is 9.37 Å². The Morgan fingerprint density at radius 3 is 2.67 bits per heavy atom. The highest BCUT2D eigenvalue weighted by Crippen LogP contribution is 2.43. The summed E-state index contributed by atoms with van der Waals surface area (Å²) in [6, 6.07) is 9.15. The SMILES string of the molecule is Oc1ccc(O)c(-c2nc3cc(F)ccc3n2C2CC2)c1. The predicted molar refractivity (Wildman–Crippen MR) is 76.7 cm³/mol. The average Bonchev–Trinajstić information content (AvgIpc) is 3.22. The fourth-order valence-corrected chi connectivity index (χ4v) is 2.67. The number of phenols is 2. The standard InChI is InChI=1S/C16H13FN2O2/c17-9-1-5-14-13(7-9)18-16(19(14)10-2-3-10)12-8-11(20)4-6-15(12)21/h1,4-8,10,20-21H,2-3H2. The molecule has 0 amide bonds. The number of aromatic hydroxyl groups is 2. The number of phenolic OH excluding ortho intramolecular Hbond substituents is 2. The molecule has 1 saturated carbocycles. The molecule has 0 radical (unpaired) electrons. The van der Waals surface area contributed by atoms with Crippen LogP contribution in [0.25, 0.3) is 22.4 Å². The van der Waals surface area contributed by atoms with Crippen LogP contribution in [0.3, 0.4) is 0 Å². The van der Waals surface area contributed by atoms with Crippen molar-refractivity contribution in [3.8, 4) is 22.9 Å². The summed E-state index contributed by atoms with van der Waals surface area (Å²) >= 11 is 0. The maximum absolute atomic E-state index is 13.4. The van der Waals surface area contributed by atoms with Gasteiger partial charge in [-0.05, 0) is 43.2 Å². The summed E-state index contributed by atoms with van der Waals surface area (Å²) in [5.41, 5.74) is 1.86. The van der Waals surface area contributed by atoms with E-state index >= 15 is 0 Å². The Morgan fingerprint density at radius 2 is 1.90 bits per heavy atom. The second-order valence-electron chi connectivity index (χ2n) is 5.37. The van der Waals surface area contributed by atoms with Crippen LogP contribution in [0.2, 0.25) is 0 Å². The van der Waals surface area contributed by atoms with E-state index in [9.17, 15) is 14.6 Å². The summed E-state index contributed by atoms with van der Waals surface area (Å²) in [5.74, 6) is 0.329. The van der Waals surface area contributed by atoms with Crippen molar-refractivity contribution in [3.63, 3.8) is 0 Å². The molecule has 2 N–H and O–H groups in total. The van der Waals surface area contributed by atoms with E-state index in [1.54, 1.807) is 6.07 Å². The van der Waals surface area contributed by atoms with Gasteiger partial charge in [-0.2, -0.15) is 0 Å². The third kappa shape index (κ3) is 1.93. The zero-order valence-electron chi connectivity index (χ0n) is 11.1. The zero-order chi connectivity index (χ0) is 14.6. The van der Waals surface area contributed by atoms with Crippen LogP contribution in [0.5, 0.6) is 11.5 Å². The number of benzene rings is 2. The van der Waals surface area contributed by atoms with E-state index in [4.69, 9.17) is 0 Å². The fraction of sp³-hybridized carbons (Fsp3) is 0.188. The minimum atomic E-state index is -0.338. The Balaban J connectivity index is 2.03. The number of fused-ring (bicyclic) bond motifs is 1. The quantitative estimate of drug-likeness (QED) is 0.707. The Kier molecular flexibility index (Phi) is 2.45. The topological polar surface area (TPSA) is 58.3 Å². The van der Waals surface area contributed by atoms with Gasteiger partial charge in [0.05, 0.1) is 16.6 Å².